The standard InChI is InChI=1S/C27H30FN3O4S/c1-20-8-7-11-22(16-20)18-30(25(27(33)29-2)17-21-9-5-4-6-10-21)26(32)19-31(36(3,34)35)24-14-12-23(28)13-15-24/h4-16,25H,17-19H2,1-3H3,(H,29,33)/t25-/m1/s1. The number of likely N-dealkylation sites (N-methyl/N-ethyl adjacent to an activating group) is 1. The quantitative estimate of drug-likeness (QED) is 0.453. The number of carbonyl (C=O) groups is 2. The van der Waals surface area contributed by atoms with E-state index >= 15 is 0 Å². The maximum atomic E-state index is 13.7. The van der Waals surface area contributed by atoms with Crippen molar-refractivity contribution in [2.75, 3.05) is 24.2 Å². The summed E-state index contributed by atoms with van der Waals surface area (Å²) in [5.74, 6) is -1.45. The third kappa shape index (κ3) is 7.14. The number of rotatable bonds is 10. The van der Waals surface area contributed by atoms with Gasteiger partial charge in [-0.25, -0.2) is 12.8 Å². The number of benzene rings is 3. The summed E-state index contributed by atoms with van der Waals surface area (Å²) in [5.41, 5.74) is 2.80. The second-order valence-electron chi connectivity index (χ2n) is 8.58. The van der Waals surface area contributed by atoms with Crippen molar-refractivity contribution in [2.24, 2.45) is 0 Å². The van der Waals surface area contributed by atoms with Crippen molar-refractivity contribution in [3.05, 3.63) is 101 Å². The van der Waals surface area contributed by atoms with Crippen LogP contribution in [0, 0.1) is 12.7 Å². The predicted molar refractivity (Wildman–Crippen MR) is 138 cm³/mol. The Bertz CT molecular complexity index is 1300. The molecule has 0 spiro atoms. The molecule has 2 amide bonds. The van der Waals surface area contributed by atoms with E-state index in [-0.39, 0.29) is 24.6 Å². The lowest BCUT2D eigenvalue weighted by molar-refractivity contribution is -0.139. The van der Waals surface area contributed by atoms with E-state index in [0.29, 0.717) is 0 Å². The minimum atomic E-state index is -3.89. The van der Waals surface area contributed by atoms with Gasteiger partial charge in [0.2, 0.25) is 21.8 Å². The zero-order valence-corrected chi connectivity index (χ0v) is 21.3. The average Bonchev–Trinajstić information content (AvgIpc) is 2.84. The third-order valence-corrected chi connectivity index (χ3v) is 6.89. The molecule has 0 heterocycles. The first-order valence-corrected chi connectivity index (χ1v) is 13.3. The van der Waals surface area contributed by atoms with Gasteiger partial charge in [-0.05, 0) is 42.3 Å². The SMILES string of the molecule is CNC(=O)[C@@H](Cc1ccccc1)N(Cc1cccc(C)c1)C(=O)CN(c1ccc(F)cc1)S(C)(=O)=O. The number of aryl methyl sites for hydroxylation is 1. The van der Waals surface area contributed by atoms with E-state index in [1.807, 2.05) is 61.5 Å². The predicted octanol–water partition coefficient (Wildman–Crippen LogP) is 3.29. The number of amides is 2. The van der Waals surface area contributed by atoms with Crippen molar-refractivity contribution >= 4 is 27.5 Å². The highest BCUT2D eigenvalue weighted by molar-refractivity contribution is 7.92. The number of nitrogens with one attached hydrogen (secondary N) is 1. The molecular formula is C27H30FN3O4S. The van der Waals surface area contributed by atoms with Crippen LogP contribution in [-0.2, 0) is 32.6 Å². The summed E-state index contributed by atoms with van der Waals surface area (Å²) in [5, 5.41) is 2.63. The molecule has 3 rings (SSSR count). The van der Waals surface area contributed by atoms with Crippen LogP contribution < -0.4 is 9.62 Å². The van der Waals surface area contributed by atoms with Crippen LogP contribution in [0.25, 0.3) is 0 Å². The number of hydrogen-bond acceptors (Lipinski definition) is 4. The molecule has 36 heavy (non-hydrogen) atoms. The largest absolute Gasteiger partial charge is 0.357 e. The Hall–Kier alpha value is -3.72. The van der Waals surface area contributed by atoms with Crippen molar-refractivity contribution in [1.29, 1.82) is 0 Å². The van der Waals surface area contributed by atoms with Gasteiger partial charge in [0.15, 0.2) is 0 Å². The summed E-state index contributed by atoms with van der Waals surface area (Å²) in [6.45, 7) is 1.49. The van der Waals surface area contributed by atoms with Gasteiger partial charge in [0.1, 0.15) is 18.4 Å². The Labute approximate surface area is 211 Å². The van der Waals surface area contributed by atoms with Gasteiger partial charge in [0, 0.05) is 20.0 Å². The van der Waals surface area contributed by atoms with E-state index in [1.165, 1.54) is 24.1 Å². The minimum Gasteiger partial charge on any atom is -0.357 e. The fourth-order valence-electron chi connectivity index (χ4n) is 3.95. The van der Waals surface area contributed by atoms with Crippen LogP contribution >= 0.6 is 0 Å². The number of halogens is 1. The molecule has 0 saturated carbocycles. The van der Waals surface area contributed by atoms with Crippen LogP contribution in [0.15, 0.2) is 78.9 Å². The molecule has 0 unspecified atom stereocenters. The molecule has 0 aliphatic heterocycles. The molecule has 0 bridgehead atoms. The zero-order valence-electron chi connectivity index (χ0n) is 20.5. The zero-order chi connectivity index (χ0) is 26.3. The van der Waals surface area contributed by atoms with Crippen LogP contribution in [0.4, 0.5) is 10.1 Å². The highest BCUT2D eigenvalue weighted by Crippen LogP contribution is 2.21. The summed E-state index contributed by atoms with van der Waals surface area (Å²) >= 11 is 0. The molecule has 1 N–H and O–H groups in total. The van der Waals surface area contributed by atoms with Crippen LogP contribution in [0.2, 0.25) is 0 Å². The fourth-order valence-corrected chi connectivity index (χ4v) is 4.80. The van der Waals surface area contributed by atoms with Gasteiger partial charge < -0.3 is 10.2 Å². The van der Waals surface area contributed by atoms with E-state index in [2.05, 4.69) is 5.32 Å². The van der Waals surface area contributed by atoms with Crippen molar-refractivity contribution in [2.45, 2.75) is 25.9 Å². The molecule has 9 heteroatoms. The van der Waals surface area contributed by atoms with Crippen LogP contribution in [-0.4, -0.2) is 51.0 Å². The van der Waals surface area contributed by atoms with E-state index in [0.717, 1.165) is 39.4 Å². The molecule has 0 aromatic heterocycles. The topological polar surface area (TPSA) is 86.8 Å². The Balaban J connectivity index is 2.02. The van der Waals surface area contributed by atoms with Crippen LogP contribution in [0.5, 0.6) is 0 Å². The molecule has 3 aromatic carbocycles. The summed E-state index contributed by atoms with van der Waals surface area (Å²) in [6.07, 6.45) is 1.22. The number of hydrogen-bond donors (Lipinski definition) is 1. The Morgan fingerprint density at radius 2 is 1.58 bits per heavy atom. The Morgan fingerprint density at radius 1 is 0.944 bits per heavy atom. The molecule has 0 radical (unpaired) electrons. The maximum absolute atomic E-state index is 13.7. The second-order valence-corrected chi connectivity index (χ2v) is 10.5. The lowest BCUT2D eigenvalue weighted by Crippen LogP contribution is -2.52. The molecule has 0 saturated heterocycles. The number of carbonyl (C=O) groups excluding carboxylic acids is 2. The maximum Gasteiger partial charge on any atom is 0.244 e. The summed E-state index contributed by atoms with van der Waals surface area (Å²) in [6, 6.07) is 20.8. The first kappa shape index (κ1) is 26.9. The number of nitrogens with zero attached hydrogens (tertiary/aromatic N) is 2. The summed E-state index contributed by atoms with van der Waals surface area (Å²) < 4.78 is 39.6. The van der Waals surface area contributed by atoms with Gasteiger partial charge in [-0.3, -0.25) is 13.9 Å². The number of anilines is 1. The van der Waals surface area contributed by atoms with Crippen molar-refractivity contribution in [1.82, 2.24) is 10.2 Å². The van der Waals surface area contributed by atoms with Gasteiger partial charge in [-0.15, -0.1) is 0 Å². The second kappa shape index (κ2) is 11.8. The number of sulfonamides is 1. The molecular weight excluding hydrogens is 481 g/mol. The van der Waals surface area contributed by atoms with Gasteiger partial charge in [0.05, 0.1) is 11.9 Å². The highest BCUT2D eigenvalue weighted by Gasteiger charge is 2.32. The molecule has 0 fully saturated rings. The first-order chi connectivity index (χ1) is 17.1. The van der Waals surface area contributed by atoms with E-state index < -0.39 is 34.3 Å². The van der Waals surface area contributed by atoms with E-state index in [9.17, 15) is 22.4 Å². The first-order valence-electron chi connectivity index (χ1n) is 11.4. The van der Waals surface area contributed by atoms with E-state index in [4.69, 9.17) is 0 Å². The minimum absolute atomic E-state index is 0.104. The smallest absolute Gasteiger partial charge is 0.244 e. The molecule has 0 aliphatic carbocycles. The molecule has 1 atom stereocenters. The lowest BCUT2D eigenvalue weighted by atomic mass is 10.0. The van der Waals surface area contributed by atoms with Crippen LogP contribution in [0.1, 0.15) is 16.7 Å². The highest BCUT2D eigenvalue weighted by atomic mass is 32.2. The van der Waals surface area contributed by atoms with E-state index in [1.54, 1.807) is 0 Å². The third-order valence-electron chi connectivity index (χ3n) is 5.75. The summed E-state index contributed by atoms with van der Waals surface area (Å²) in [7, 11) is -2.39. The molecule has 7 nitrogen and oxygen atoms in total. The Morgan fingerprint density at radius 3 is 2.17 bits per heavy atom. The van der Waals surface area contributed by atoms with Crippen LogP contribution in [0.3, 0.4) is 0 Å². The van der Waals surface area contributed by atoms with Gasteiger partial charge in [-0.1, -0.05) is 60.2 Å². The van der Waals surface area contributed by atoms with Crippen molar-refractivity contribution in [3.63, 3.8) is 0 Å². The fraction of sp³-hybridized carbons (Fsp3) is 0.259. The Kier molecular flexibility index (Phi) is 8.82. The molecule has 0 aliphatic rings. The summed E-state index contributed by atoms with van der Waals surface area (Å²) in [4.78, 5) is 28.2. The van der Waals surface area contributed by atoms with Gasteiger partial charge >= 0.3 is 0 Å². The van der Waals surface area contributed by atoms with Gasteiger partial charge in [0.25, 0.3) is 0 Å². The molecule has 3 aromatic rings. The van der Waals surface area contributed by atoms with Crippen molar-refractivity contribution < 1.29 is 22.4 Å². The molecule has 190 valence electrons. The normalized spacial score (nSPS) is 12.0. The monoisotopic (exact) mass is 511 g/mol. The van der Waals surface area contributed by atoms with Gasteiger partial charge in [-0.2, -0.15) is 0 Å². The lowest BCUT2D eigenvalue weighted by Gasteiger charge is -2.33. The average molecular weight is 512 g/mol. The van der Waals surface area contributed by atoms with Crippen molar-refractivity contribution in [3.8, 4) is 0 Å².